The van der Waals surface area contributed by atoms with Gasteiger partial charge in [0.15, 0.2) is 5.82 Å². The molecule has 0 spiro atoms. The first-order valence-electron chi connectivity index (χ1n) is 5.42. The molecule has 0 aliphatic carbocycles. The Balaban J connectivity index is 2.05. The molecule has 5 heteroatoms. The van der Waals surface area contributed by atoms with Crippen molar-refractivity contribution < 1.29 is 0 Å². The van der Waals surface area contributed by atoms with Crippen LogP contribution < -0.4 is 5.43 Å². The fraction of sp³-hybridized carbons (Fsp3) is 0. The number of fused-ring (bicyclic) bond motifs is 1. The Hall–Kier alpha value is -2.87. The molecule has 1 aromatic carbocycles. The van der Waals surface area contributed by atoms with Crippen LogP contribution in [0.2, 0.25) is 0 Å². The van der Waals surface area contributed by atoms with Crippen molar-refractivity contribution in [2.24, 2.45) is 0 Å². The molecular weight excluding hydrogens is 226 g/mol. The van der Waals surface area contributed by atoms with Gasteiger partial charge in [0.2, 0.25) is 0 Å². The summed E-state index contributed by atoms with van der Waals surface area (Å²) in [6, 6.07) is 12.0. The van der Waals surface area contributed by atoms with Crippen LogP contribution in [0.15, 0.2) is 49.1 Å². The molecule has 5 nitrogen and oxygen atoms in total. The number of hydrogen-bond donors (Lipinski definition) is 1. The lowest BCUT2D eigenvalue weighted by Gasteiger charge is -2.08. The zero-order valence-electron chi connectivity index (χ0n) is 9.41. The maximum absolute atomic E-state index is 8.98. The number of hydrogen-bond acceptors (Lipinski definition) is 4. The third-order valence-electron chi connectivity index (χ3n) is 2.66. The molecule has 0 saturated carbocycles. The molecular formula is C13H9N5. The molecule has 2 aromatic heterocycles. The van der Waals surface area contributed by atoms with Gasteiger partial charge in [0.25, 0.3) is 0 Å². The van der Waals surface area contributed by atoms with Crippen molar-refractivity contribution in [2.45, 2.75) is 0 Å². The minimum Gasteiger partial charge on any atom is -0.276 e. The van der Waals surface area contributed by atoms with Crippen LogP contribution >= 0.6 is 0 Å². The third-order valence-corrected chi connectivity index (χ3v) is 2.66. The summed E-state index contributed by atoms with van der Waals surface area (Å²) in [5.41, 5.74) is 4.53. The van der Waals surface area contributed by atoms with Gasteiger partial charge in [-0.15, -0.1) is 0 Å². The summed E-state index contributed by atoms with van der Waals surface area (Å²) in [5, 5.41) is 10.1. The summed E-state index contributed by atoms with van der Waals surface area (Å²) in [4.78, 5) is 7.89. The first-order valence-corrected chi connectivity index (χ1v) is 5.42. The van der Waals surface area contributed by atoms with Crippen molar-refractivity contribution in [1.82, 2.24) is 14.6 Å². The molecule has 3 rings (SSSR count). The average Bonchev–Trinajstić information content (AvgIpc) is 2.83. The van der Waals surface area contributed by atoms with Crippen LogP contribution in [0, 0.1) is 11.3 Å². The van der Waals surface area contributed by atoms with Crippen LogP contribution in [0.5, 0.6) is 0 Å². The van der Waals surface area contributed by atoms with Gasteiger partial charge in [-0.1, -0.05) is 18.2 Å². The zero-order chi connectivity index (χ0) is 12.4. The predicted molar refractivity (Wildman–Crippen MR) is 67.7 cm³/mol. The van der Waals surface area contributed by atoms with Gasteiger partial charge in [0.1, 0.15) is 18.0 Å². The molecule has 0 amide bonds. The van der Waals surface area contributed by atoms with Gasteiger partial charge < -0.3 is 0 Å². The minimum absolute atomic E-state index is 0.412. The van der Waals surface area contributed by atoms with Crippen LogP contribution in [0.1, 0.15) is 5.56 Å². The standard InChI is InChI=1S/C13H9N5/c14-7-11-8-15-9-16-13(11)17-18-6-5-10-3-1-2-4-12(10)18/h1-6,8-9H,(H,15,16,17). The van der Waals surface area contributed by atoms with Crippen molar-refractivity contribution in [3.05, 3.63) is 54.6 Å². The highest BCUT2D eigenvalue weighted by Crippen LogP contribution is 2.16. The van der Waals surface area contributed by atoms with E-state index >= 15 is 0 Å². The van der Waals surface area contributed by atoms with E-state index in [4.69, 9.17) is 5.26 Å². The van der Waals surface area contributed by atoms with Crippen LogP contribution in [0.3, 0.4) is 0 Å². The van der Waals surface area contributed by atoms with Crippen LogP contribution in [-0.2, 0) is 0 Å². The van der Waals surface area contributed by atoms with E-state index in [0.29, 0.717) is 11.4 Å². The quantitative estimate of drug-likeness (QED) is 0.739. The highest BCUT2D eigenvalue weighted by molar-refractivity contribution is 5.80. The molecule has 18 heavy (non-hydrogen) atoms. The average molecular weight is 235 g/mol. The maximum atomic E-state index is 8.98. The maximum Gasteiger partial charge on any atom is 0.166 e. The Kier molecular flexibility index (Phi) is 2.39. The second-order valence-corrected chi connectivity index (χ2v) is 3.75. The van der Waals surface area contributed by atoms with Crippen LogP contribution in [-0.4, -0.2) is 14.6 Å². The number of para-hydroxylation sites is 1. The van der Waals surface area contributed by atoms with E-state index in [2.05, 4.69) is 21.5 Å². The monoisotopic (exact) mass is 235 g/mol. The minimum atomic E-state index is 0.412. The van der Waals surface area contributed by atoms with Gasteiger partial charge >= 0.3 is 0 Å². The number of nitrogens with zero attached hydrogens (tertiary/aromatic N) is 4. The van der Waals surface area contributed by atoms with E-state index in [0.717, 1.165) is 10.9 Å². The molecule has 3 aromatic rings. The number of anilines is 1. The molecule has 0 aliphatic heterocycles. The molecule has 0 bridgehead atoms. The zero-order valence-corrected chi connectivity index (χ0v) is 9.41. The van der Waals surface area contributed by atoms with Gasteiger partial charge in [0.05, 0.1) is 11.7 Å². The first-order chi connectivity index (χ1) is 8.88. The molecule has 0 unspecified atom stereocenters. The SMILES string of the molecule is N#Cc1cncnc1Nn1ccc2ccccc21. The highest BCUT2D eigenvalue weighted by atomic mass is 15.4. The van der Waals surface area contributed by atoms with Crippen molar-refractivity contribution in [3.63, 3.8) is 0 Å². The lowest BCUT2D eigenvalue weighted by molar-refractivity contribution is 0.976. The first kappa shape index (κ1) is 10.3. The topological polar surface area (TPSA) is 66.5 Å². The lowest BCUT2D eigenvalue weighted by Crippen LogP contribution is -2.10. The van der Waals surface area contributed by atoms with Crippen LogP contribution in [0.4, 0.5) is 5.82 Å². The normalized spacial score (nSPS) is 10.2. The van der Waals surface area contributed by atoms with Crippen molar-refractivity contribution >= 4 is 16.7 Å². The van der Waals surface area contributed by atoms with E-state index < -0.39 is 0 Å². The second-order valence-electron chi connectivity index (χ2n) is 3.75. The van der Waals surface area contributed by atoms with E-state index in [1.54, 1.807) is 0 Å². The largest absolute Gasteiger partial charge is 0.276 e. The molecule has 0 fully saturated rings. The molecule has 86 valence electrons. The Labute approximate surface area is 103 Å². The van der Waals surface area contributed by atoms with E-state index in [9.17, 15) is 0 Å². The van der Waals surface area contributed by atoms with Gasteiger partial charge in [-0.2, -0.15) is 5.26 Å². The summed E-state index contributed by atoms with van der Waals surface area (Å²) >= 11 is 0. The summed E-state index contributed by atoms with van der Waals surface area (Å²) in [6.07, 6.45) is 4.80. The fourth-order valence-corrected chi connectivity index (χ4v) is 1.80. The Morgan fingerprint density at radius 1 is 1.22 bits per heavy atom. The van der Waals surface area contributed by atoms with Crippen molar-refractivity contribution in [2.75, 3.05) is 5.43 Å². The lowest BCUT2D eigenvalue weighted by atomic mass is 10.3. The number of nitrogens with one attached hydrogen (secondary N) is 1. The predicted octanol–water partition coefficient (Wildman–Crippen LogP) is 2.18. The number of rotatable bonds is 2. The summed E-state index contributed by atoms with van der Waals surface area (Å²) < 4.78 is 1.83. The van der Waals surface area contributed by atoms with Gasteiger partial charge in [-0.05, 0) is 12.1 Å². The molecule has 0 aliphatic rings. The molecule has 2 heterocycles. The number of nitriles is 1. The van der Waals surface area contributed by atoms with E-state index in [1.165, 1.54) is 12.5 Å². The Bertz CT molecular complexity index is 738. The Morgan fingerprint density at radius 2 is 2.11 bits per heavy atom. The van der Waals surface area contributed by atoms with Gasteiger partial charge in [0, 0.05) is 11.6 Å². The van der Waals surface area contributed by atoms with Crippen LogP contribution in [0.25, 0.3) is 10.9 Å². The fourth-order valence-electron chi connectivity index (χ4n) is 1.80. The number of aromatic nitrogens is 3. The summed E-state index contributed by atoms with van der Waals surface area (Å²) in [7, 11) is 0. The molecule has 1 N–H and O–H groups in total. The number of benzene rings is 1. The van der Waals surface area contributed by atoms with E-state index in [1.807, 2.05) is 41.2 Å². The van der Waals surface area contributed by atoms with Gasteiger partial charge in [-0.25, -0.2) is 9.97 Å². The Morgan fingerprint density at radius 3 is 3.00 bits per heavy atom. The highest BCUT2D eigenvalue weighted by Gasteiger charge is 2.05. The van der Waals surface area contributed by atoms with Crippen molar-refractivity contribution in [1.29, 1.82) is 5.26 Å². The third kappa shape index (κ3) is 1.66. The summed E-state index contributed by atoms with van der Waals surface area (Å²) in [5.74, 6) is 0.494. The second kappa shape index (κ2) is 4.18. The molecule has 0 saturated heterocycles. The molecule has 0 atom stereocenters. The molecule has 0 radical (unpaired) electrons. The van der Waals surface area contributed by atoms with Crippen molar-refractivity contribution in [3.8, 4) is 6.07 Å². The van der Waals surface area contributed by atoms with Gasteiger partial charge in [-0.3, -0.25) is 10.1 Å². The summed E-state index contributed by atoms with van der Waals surface area (Å²) in [6.45, 7) is 0. The van der Waals surface area contributed by atoms with E-state index in [-0.39, 0.29) is 0 Å². The smallest absolute Gasteiger partial charge is 0.166 e.